The fourth-order valence-corrected chi connectivity index (χ4v) is 7.65. The summed E-state index contributed by atoms with van der Waals surface area (Å²) < 4.78 is 0.167. The number of Topliss-reactive ketones (excluding diaryl/α,β-unsaturated/α-hetero) is 1. The first-order chi connectivity index (χ1) is 9.18. The van der Waals surface area contributed by atoms with Crippen LogP contribution in [0, 0.1) is 17.8 Å². The van der Waals surface area contributed by atoms with Crippen molar-refractivity contribution in [2.75, 3.05) is 18.1 Å². The van der Waals surface area contributed by atoms with E-state index in [0.29, 0.717) is 18.1 Å². The summed E-state index contributed by atoms with van der Waals surface area (Å²) in [7, 11) is 0. The monoisotopic (exact) mass is 298 g/mol. The highest BCUT2D eigenvalue weighted by Crippen LogP contribution is 2.59. The number of aliphatic hydroxyl groups excluding tert-OH is 1. The van der Waals surface area contributed by atoms with E-state index in [1.54, 1.807) is 0 Å². The molecule has 19 heavy (non-hydrogen) atoms. The Morgan fingerprint density at radius 2 is 2.16 bits per heavy atom. The van der Waals surface area contributed by atoms with E-state index in [0.717, 1.165) is 18.4 Å². The van der Waals surface area contributed by atoms with E-state index in [2.05, 4.69) is 36.5 Å². The zero-order valence-electron chi connectivity index (χ0n) is 11.4. The minimum absolute atomic E-state index is 0.167. The number of aliphatic hydroxyl groups is 1. The molecular weight excluding hydrogens is 276 g/mol. The van der Waals surface area contributed by atoms with Crippen molar-refractivity contribution in [2.45, 2.75) is 36.7 Å². The van der Waals surface area contributed by atoms with Crippen LogP contribution in [0.5, 0.6) is 0 Å². The zero-order chi connectivity index (χ0) is 13.5. The minimum atomic E-state index is 0.167. The molecule has 1 heterocycles. The highest BCUT2D eigenvalue weighted by Gasteiger charge is 2.52. The minimum Gasteiger partial charge on any atom is -0.396 e. The van der Waals surface area contributed by atoms with E-state index in [4.69, 9.17) is 0 Å². The highest BCUT2D eigenvalue weighted by atomic mass is 32.2. The van der Waals surface area contributed by atoms with Crippen molar-refractivity contribution in [3.05, 3.63) is 11.6 Å². The molecule has 3 aliphatic rings. The highest BCUT2D eigenvalue weighted by molar-refractivity contribution is 8.18. The van der Waals surface area contributed by atoms with Crippen LogP contribution in [0.2, 0.25) is 0 Å². The number of ketones is 1. The number of hydrogen-bond acceptors (Lipinski definition) is 4. The van der Waals surface area contributed by atoms with Crippen LogP contribution in [0.4, 0.5) is 0 Å². The van der Waals surface area contributed by atoms with E-state index >= 15 is 0 Å². The Kier molecular flexibility index (Phi) is 4.03. The third-order valence-corrected chi connectivity index (χ3v) is 8.43. The van der Waals surface area contributed by atoms with Gasteiger partial charge in [-0.2, -0.15) is 0 Å². The first kappa shape index (κ1) is 14.0. The number of carbonyl (C=O) groups is 1. The topological polar surface area (TPSA) is 37.3 Å². The van der Waals surface area contributed by atoms with Crippen molar-refractivity contribution in [1.29, 1.82) is 0 Å². The van der Waals surface area contributed by atoms with Crippen molar-refractivity contribution in [3.8, 4) is 0 Å². The molecule has 1 spiro atoms. The number of rotatable bonds is 1. The smallest absolute Gasteiger partial charge is 0.159 e. The number of thioether (sulfide) groups is 2. The average Bonchev–Trinajstić information content (AvgIpc) is 2.41. The van der Waals surface area contributed by atoms with Crippen molar-refractivity contribution in [3.63, 3.8) is 0 Å². The molecule has 0 aromatic rings. The number of carbonyl (C=O) groups excluding carboxylic acids is 1. The lowest BCUT2D eigenvalue weighted by Gasteiger charge is -2.51. The largest absolute Gasteiger partial charge is 0.396 e. The van der Waals surface area contributed by atoms with Crippen molar-refractivity contribution >= 4 is 29.3 Å². The van der Waals surface area contributed by atoms with Crippen LogP contribution in [0.1, 0.15) is 32.6 Å². The molecule has 2 aliphatic carbocycles. The molecule has 106 valence electrons. The lowest BCUT2D eigenvalue weighted by molar-refractivity contribution is -0.120. The average molecular weight is 298 g/mol. The Labute approximate surface area is 123 Å². The van der Waals surface area contributed by atoms with E-state index in [1.807, 2.05) is 0 Å². The maximum Gasteiger partial charge on any atom is 0.159 e. The molecule has 0 bridgehead atoms. The summed E-state index contributed by atoms with van der Waals surface area (Å²) >= 11 is 4.11. The van der Waals surface area contributed by atoms with Gasteiger partial charge in [-0.15, -0.1) is 23.5 Å². The van der Waals surface area contributed by atoms with E-state index in [9.17, 15) is 9.90 Å². The van der Waals surface area contributed by atoms with Gasteiger partial charge in [0, 0.05) is 18.9 Å². The van der Waals surface area contributed by atoms with Crippen LogP contribution in [0.25, 0.3) is 0 Å². The SMILES string of the molecule is CC1CC(=O)C2=CCCC3(SCCCS3)C2C1CO. The Balaban J connectivity index is 1.99. The first-order valence-corrected chi connectivity index (χ1v) is 9.27. The third kappa shape index (κ3) is 2.30. The molecule has 3 unspecified atom stereocenters. The van der Waals surface area contributed by atoms with Gasteiger partial charge in [0.25, 0.3) is 0 Å². The van der Waals surface area contributed by atoms with Crippen LogP contribution in [0.3, 0.4) is 0 Å². The molecule has 0 aromatic carbocycles. The maximum atomic E-state index is 12.4. The van der Waals surface area contributed by atoms with E-state index in [1.165, 1.54) is 17.9 Å². The molecule has 0 radical (unpaired) electrons. The second-order valence-electron chi connectivity index (χ2n) is 5.99. The van der Waals surface area contributed by atoms with Crippen molar-refractivity contribution in [2.24, 2.45) is 17.8 Å². The van der Waals surface area contributed by atoms with Crippen molar-refractivity contribution < 1.29 is 9.90 Å². The summed E-state index contributed by atoms with van der Waals surface area (Å²) in [6.07, 6.45) is 6.26. The molecule has 1 saturated heterocycles. The molecule has 3 rings (SSSR count). The first-order valence-electron chi connectivity index (χ1n) is 7.30. The van der Waals surface area contributed by atoms with Gasteiger partial charge < -0.3 is 5.11 Å². The molecule has 2 nitrogen and oxygen atoms in total. The molecular formula is C15H22O2S2. The van der Waals surface area contributed by atoms with Crippen molar-refractivity contribution in [1.82, 2.24) is 0 Å². The predicted molar refractivity (Wildman–Crippen MR) is 82.4 cm³/mol. The predicted octanol–water partition coefficient (Wildman–Crippen LogP) is 3.11. The van der Waals surface area contributed by atoms with Gasteiger partial charge in [0.15, 0.2) is 5.78 Å². The molecule has 1 aliphatic heterocycles. The number of fused-ring (bicyclic) bond motifs is 2. The number of hydrogen-bond donors (Lipinski definition) is 1. The van der Waals surface area contributed by atoms with Crippen LogP contribution < -0.4 is 0 Å². The lowest BCUT2D eigenvalue weighted by atomic mass is 9.65. The van der Waals surface area contributed by atoms with Gasteiger partial charge in [0.05, 0.1) is 4.08 Å². The fraction of sp³-hybridized carbons (Fsp3) is 0.800. The molecule has 3 atom stereocenters. The van der Waals surface area contributed by atoms with E-state index < -0.39 is 0 Å². The summed E-state index contributed by atoms with van der Waals surface area (Å²) in [4.78, 5) is 12.4. The van der Waals surface area contributed by atoms with Crippen LogP contribution in [0.15, 0.2) is 11.6 Å². The molecule has 4 heteroatoms. The zero-order valence-corrected chi connectivity index (χ0v) is 13.1. The Bertz CT molecular complexity index is 399. The summed E-state index contributed by atoms with van der Waals surface area (Å²) in [5.74, 6) is 3.61. The van der Waals surface area contributed by atoms with E-state index in [-0.39, 0.29) is 22.5 Å². The standard InChI is InChI=1S/C15H22O2S2/c1-10-8-13(17)11-4-2-5-15(14(11)12(10)9-16)18-6-3-7-19-15/h4,10,12,14,16H,2-3,5-9H2,1H3. The van der Waals surface area contributed by atoms with Gasteiger partial charge in [-0.3, -0.25) is 4.79 Å². The number of allylic oxidation sites excluding steroid dienone is 2. The Morgan fingerprint density at radius 3 is 2.84 bits per heavy atom. The maximum absolute atomic E-state index is 12.4. The van der Waals surface area contributed by atoms with Gasteiger partial charge in [0.1, 0.15) is 0 Å². The van der Waals surface area contributed by atoms with Crippen LogP contribution >= 0.6 is 23.5 Å². The Morgan fingerprint density at radius 1 is 1.42 bits per heavy atom. The Hall–Kier alpha value is 0.0700. The fourth-order valence-electron chi connectivity index (χ4n) is 3.88. The van der Waals surface area contributed by atoms with Gasteiger partial charge in [0.2, 0.25) is 0 Å². The van der Waals surface area contributed by atoms with Crippen LogP contribution in [-0.4, -0.2) is 33.1 Å². The normalized spacial score (nSPS) is 37.9. The third-order valence-electron chi connectivity index (χ3n) is 4.85. The van der Waals surface area contributed by atoms with Gasteiger partial charge >= 0.3 is 0 Å². The molecule has 1 saturated carbocycles. The summed E-state index contributed by atoms with van der Waals surface area (Å²) in [5, 5.41) is 9.84. The lowest BCUT2D eigenvalue weighted by Crippen LogP contribution is -2.49. The summed E-state index contributed by atoms with van der Waals surface area (Å²) in [6.45, 7) is 2.36. The second-order valence-corrected chi connectivity index (χ2v) is 9.10. The van der Waals surface area contributed by atoms with Gasteiger partial charge in [-0.1, -0.05) is 13.0 Å². The van der Waals surface area contributed by atoms with Gasteiger partial charge in [-0.05, 0) is 48.2 Å². The summed E-state index contributed by atoms with van der Waals surface area (Å²) in [6, 6.07) is 0. The second kappa shape index (κ2) is 5.45. The quantitative estimate of drug-likeness (QED) is 0.807. The molecule has 1 N–H and O–H groups in total. The molecule has 2 fully saturated rings. The van der Waals surface area contributed by atoms with Crippen LogP contribution in [-0.2, 0) is 4.79 Å². The molecule has 0 amide bonds. The van der Waals surface area contributed by atoms with Gasteiger partial charge in [-0.25, -0.2) is 0 Å². The molecule has 0 aromatic heterocycles. The summed E-state index contributed by atoms with van der Waals surface area (Å²) in [5.41, 5.74) is 1.05.